The van der Waals surface area contributed by atoms with Crippen molar-refractivity contribution in [2.75, 3.05) is 51.2 Å². The van der Waals surface area contributed by atoms with Gasteiger partial charge < -0.3 is 20.4 Å². The average Bonchev–Trinajstić information content (AvgIpc) is 3.17. The molecule has 1 aliphatic heterocycles. The molecule has 1 aliphatic rings. The summed E-state index contributed by atoms with van der Waals surface area (Å²) < 4.78 is 1.79. The van der Waals surface area contributed by atoms with E-state index in [9.17, 15) is 4.79 Å². The summed E-state index contributed by atoms with van der Waals surface area (Å²) in [7, 11) is 2.12. The minimum absolute atomic E-state index is 0.186. The second kappa shape index (κ2) is 12.8. The van der Waals surface area contributed by atoms with Crippen LogP contribution >= 0.6 is 23.2 Å². The fraction of sp³-hybridized carbons (Fsp3) is 0.538. The van der Waals surface area contributed by atoms with Crippen LogP contribution in [0, 0.1) is 12.8 Å². The molecule has 9 heteroatoms. The zero-order valence-corrected chi connectivity index (χ0v) is 22.8. The zero-order valence-electron chi connectivity index (χ0n) is 21.3. The highest BCUT2D eigenvalue weighted by Gasteiger charge is 2.27. The number of allylic oxidation sites excluding steroid dienone is 1. The molecule has 1 fully saturated rings. The lowest BCUT2D eigenvalue weighted by molar-refractivity contribution is 0.0947. The van der Waals surface area contributed by atoms with Crippen LogP contribution in [0.4, 0.5) is 5.82 Å². The number of carbonyl (C=O) groups is 1. The summed E-state index contributed by atoms with van der Waals surface area (Å²) in [5, 5.41) is 12.3. The van der Waals surface area contributed by atoms with E-state index >= 15 is 0 Å². The fourth-order valence-electron chi connectivity index (χ4n) is 4.58. The molecule has 2 aromatic rings. The van der Waals surface area contributed by atoms with Gasteiger partial charge in [-0.1, -0.05) is 42.6 Å². The standard InChI is InChI=1S/C26H38Cl2N6O/c1-6-8-20(7-2)19(4)29-11-12-30-25(35)24-18(3)26(33-15-13-32(5)14-16-33)34(31-24)23-10-9-21(27)17-22(23)28/h6,9-10,17,19-20,29H,1,7-8,11-16H2,2-5H3,(H,30,35). The van der Waals surface area contributed by atoms with Crippen molar-refractivity contribution < 1.29 is 4.79 Å². The van der Waals surface area contributed by atoms with Crippen molar-refractivity contribution in [3.63, 3.8) is 0 Å². The SMILES string of the molecule is C=CCC(CC)C(C)NCCNC(=O)c1nn(-c2ccc(Cl)cc2Cl)c(N2CCN(C)CC2)c1C. The van der Waals surface area contributed by atoms with E-state index in [4.69, 9.17) is 28.3 Å². The minimum Gasteiger partial charge on any atom is -0.354 e. The lowest BCUT2D eigenvalue weighted by atomic mass is 9.95. The summed E-state index contributed by atoms with van der Waals surface area (Å²) >= 11 is 12.7. The van der Waals surface area contributed by atoms with Crippen molar-refractivity contribution >= 4 is 34.9 Å². The van der Waals surface area contributed by atoms with Gasteiger partial charge in [0.05, 0.1) is 10.7 Å². The third-order valence-corrected chi connectivity index (χ3v) is 7.36. The molecule has 0 bridgehead atoms. The molecule has 192 valence electrons. The second-order valence-corrected chi connectivity index (χ2v) is 10.1. The normalized spacial score (nSPS) is 16.2. The highest BCUT2D eigenvalue weighted by atomic mass is 35.5. The van der Waals surface area contributed by atoms with Gasteiger partial charge in [-0.3, -0.25) is 4.79 Å². The number of halogens is 2. The van der Waals surface area contributed by atoms with Crippen molar-refractivity contribution in [3.8, 4) is 5.69 Å². The van der Waals surface area contributed by atoms with Gasteiger partial charge in [0.15, 0.2) is 5.69 Å². The predicted octanol–water partition coefficient (Wildman–Crippen LogP) is 4.55. The molecule has 1 aromatic heterocycles. The summed E-state index contributed by atoms with van der Waals surface area (Å²) in [6.07, 6.45) is 4.04. The number of aromatic nitrogens is 2. The molecule has 2 heterocycles. The zero-order chi connectivity index (χ0) is 25.5. The third-order valence-electron chi connectivity index (χ3n) is 6.82. The third kappa shape index (κ3) is 6.79. The monoisotopic (exact) mass is 520 g/mol. The first-order valence-electron chi connectivity index (χ1n) is 12.4. The van der Waals surface area contributed by atoms with Crippen LogP contribution < -0.4 is 15.5 Å². The quantitative estimate of drug-likeness (QED) is 0.336. The van der Waals surface area contributed by atoms with Gasteiger partial charge in [0.25, 0.3) is 5.91 Å². The number of nitrogens with zero attached hydrogens (tertiary/aromatic N) is 4. The van der Waals surface area contributed by atoms with Gasteiger partial charge in [0.1, 0.15) is 5.82 Å². The number of likely N-dealkylation sites (N-methyl/N-ethyl adjacent to an activating group) is 1. The summed E-state index contributed by atoms with van der Waals surface area (Å²) in [4.78, 5) is 17.7. The maximum absolute atomic E-state index is 13.2. The molecule has 3 rings (SSSR count). The van der Waals surface area contributed by atoms with E-state index < -0.39 is 0 Å². The van der Waals surface area contributed by atoms with Gasteiger partial charge in [-0.25, -0.2) is 4.68 Å². The molecule has 0 radical (unpaired) electrons. The van der Waals surface area contributed by atoms with Crippen molar-refractivity contribution in [1.29, 1.82) is 0 Å². The highest BCUT2D eigenvalue weighted by molar-refractivity contribution is 6.35. The number of rotatable bonds is 11. The molecule has 2 atom stereocenters. The lowest BCUT2D eigenvalue weighted by Gasteiger charge is -2.34. The van der Waals surface area contributed by atoms with E-state index in [0.29, 0.717) is 46.5 Å². The summed E-state index contributed by atoms with van der Waals surface area (Å²) in [6.45, 7) is 15.0. The van der Waals surface area contributed by atoms with Crippen LogP contribution in [0.5, 0.6) is 0 Å². The van der Waals surface area contributed by atoms with Gasteiger partial charge in [-0.2, -0.15) is 5.10 Å². The number of amides is 1. The lowest BCUT2D eigenvalue weighted by Crippen LogP contribution is -2.45. The van der Waals surface area contributed by atoms with Crippen molar-refractivity contribution in [2.45, 2.75) is 39.7 Å². The Kier molecular flexibility index (Phi) is 10.0. The Balaban J connectivity index is 1.78. The maximum atomic E-state index is 13.2. The Morgan fingerprint density at radius 1 is 1.23 bits per heavy atom. The van der Waals surface area contributed by atoms with Gasteiger partial charge in [-0.05, 0) is 51.4 Å². The summed E-state index contributed by atoms with van der Waals surface area (Å²) in [5.74, 6) is 1.25. The van der Waals surface area contributed by atoms with Crippen LogP contribution in [0.15, 0.2) is 30.9 Å². The molecule has 0 spiro atoms. The smallest absolute Gasteiger partial charge is 0.272 e. The molecule has 35 heavy (non-hydrogen) atoms. The Hall–Kier alpha value is -2.06. The van der Waals surface area contributed by atoms with E-state index in [1.165, 1.54) is 0 Å². The molecule has 2 N–H and O–H groups in total. The minimum atomic E-state index is -0.186. The molecule has 0 aliphatic carbocycles. The Morgan fingerprint density at radius 2 is 1.94 bits per heavy atom. The van der Waals surface area contributed by atoms with E-state index in [0.717, 1.165) is 50.4 Å². The first kappa shape index (κ1) is 27.5. The molecule has 1 amide bonds. The van der Waals surface area contributed by atoms with Crippen molar-refractivity contribution in [3.05, 3.63) is 52.2 Å². The Labute approximate surface area is 219 Å². The van der Waals surface area contributed by atoms with E-state index in [1.54, 1.807) is 16.8 Å². The van der Waals surface area contributed by atoms with Gasteiger partial charge in [0.2, 0.25) is 0 Å². The number of carbonyl (C=O) groups excluding carboxylic acids is 1. The summed E-state index contributed by atoms with van der Waals surface area (Å²) in [5.41, 5.74) is 1.96. The number of hydrogen-bond donors (Lipinski definition) is 2. The number of benzene rings is 1. The molecule has 2 unspecified atom stereocenters. The number of nitrogens with one attached hydrogen (secondary N) is 2. The molecule has 1 aromatic carbocycles. The van der Waals surface area contributed by atoms with E-state index in [1.807, 2.05) is 19.1 Å². The van der Waals surface area contributed by atoms with E-state index in [-0.39, 0.29) is 5.91 Å². The number of piperazine rings is 1. The Bertz CT molecular complexity index is 1020. The van der Waals surface area contributed by atoms with Crippen LogP contribution in [0.1, 0.15) is 42.7 Å². The second-order valence-electron chi connectivity index (χ2n) is 9.29. The molecule has 7 nitrogen and oxygen atoms in total. The van der Waals surface area contributed by atoms with Crippen LogP contribution in [0.3, 0.4) is 0 Å². The average molecular weight is 522 g/mol. The van der Waals surface area contributed by atoms with Gasteiger partial charge in [-0.15, -0.1) is 6.58 Å². The fourth-order valence-corrected chi connectivity index (χ4v) is 5.07. The van der Waals surface area contributed by atoms with Crippen molar-refractivity contribution in [2.24, 2.45) is 5.92 Å². The predicted molar refractivity (Wildman–Crippen MR) is 146 cm³/mol. The largest absolute Gasteiger partial charge is 0.354 e. The maximum Gasteiger partial charge on any atom is 0.272 e. The van der Waals surface area contributed by atoms with Gasteiger partial charge in [0, 0.05) is 55.9 Å². The van der Waals surface area contributed by atoms with Crippen LogP contribution in [-0.4, -0.2) is 72.9 Å². The molecule has 0 saturated carbocycles. The van der Waals surface area contributed by atoms with Gasteiger partial charge >= 0.3 is 0 Å². The first-order chi connectivity index (χ1) is 16.8. The molecular formula is C26H38Cl2N6O. The highest BCUT2D eigenvalue weighted by Crippen LogP contribution is 2.32. The molecule has 1 saturated heterocycles. The van der Waals surface area contributed by atoms with E-state index in [2.05, 4.69) is 47.9 Å². The first-order valence-corrected chi connectivity index (χ1v) is 13.1. The molecular weight excluding hydrogens is 483 g/mol. The Morgan fingerprint density at radius 3 is 2.57 bits per heavy atom. The van der Waals surface area contributed by atoms with Crippen LogP contribution in [0.2, 0.25) is 10.0 Å². The van der Waals surface area contributed by atoms with Crippen molar-refractivity contribution in [1.82, 2.24) is 25.3 Å². The van der Waals surface area contributed by atoms with Crippen LogP contribution in [0.25, 0.3) is 5.69 Å². The topological polar surface area (TPSA) is 65.4 Å². The number of hydrogen-bond acceptors (Lipinski definition) is 5. The summed E-state index contributed by atoms with van der Waals surface area (Å²) in [6, 6.07) is 5.69. The number of anilines is 1. The van der Waals surface area contributed by atoms with Crippen LogP contribution in [-0.2, 0) is 0 Å².